The van der Waals surface area contributed by atoms with Crippen LogP contribution in [0.15, 0.2) is 41.5 Å². The molecule has 0 unspecified atom stereocenters. The maximum atomic E-state index is 15.1. The fourth-order valence-electron chi connectivity index (χ4n) is 4.50. The van der Waals surface area contributed by atoms with Crippen molar-refractivity contribution in [2.75, 3.05) is 24.6 Å². The van der Waals surface area contributed by atoms with E-state index in [4.69, 9.17) is 16.3 Å². The molecule has 5 rings (SSSR count). The highest BCUT2D eigenvalue weighted by Crippen LogP contribution is 2.33. The van der Waals surface area contributed by atoms with Gasteiger partial charge in [-0.25, -0.2) is 23.1 Å². The van der Waals surface area contributed by atoms with Gasteiger partial charge in [0.2, 0.25) is 0 Å². The van der Waals surface area contributed by atoms with E-state index in [2.05, 4.69) is 15.1 Å². The van der Waals surface area contributed by atoms with Gasteiger partial charge in [0.1, 0.15) is 23.6 Å². The lowest BCUT2D eigenvalue weighted by atomic mass is 10.1. The van der Waals surface area contributed by atoms with Crippen LogP contribution < -0.4 is 10.5 Å². The van der Waals surface area contributed by atoms with Crippen molar-refractivity contribution in [2.45, 2.75) is 32.4 Å². The third-order valence-corrected chi connectivity index (χ3v) is 6.46. The molecule has 4 heterocycles. The summed E-state index contributed by atoms with van der Waals surface area (Å²) in [7, 11) is 1.82. The minimum atomic E-state index is -3.15. The first-order chi connectivity index (χ1) is 17.5. The van der Waals surface area contributed by atoms with Gasteiger partial charge in [0.15, 0.2) is 0 Å². The van der Waals surface area contributed by atoms with Gasteiger partial charge >= 0.3 is 0 Å². The van der Waals surface area contributed by atoms with E-state index < -0.39 is 23.8 Å². The van der Waals surface area contributed by atoms with Gasteiger partial charge < -0.3 is 9.64 Å². The van der Waals surface area contributed by atoms with Crippen LogP contribution in [0.2, 0.25) is 5.02 Å². The zero-order chi connectivity index (χ0) is 26.5. The Bertz CT molecular complexity index is 1550. The Labute approximate surface area is 215 Å². The number of hydrogen-bond acceptors (Lipinski definition) is 6. The van der Waals surface area contributed by atoms with Crippen LogP contribution in [0.25, 0.3) is 22.2 Å². The number of pyridine rings is 1. The molecule has 1 saturated heterocycles. The van der Waals surface area contributed by atoms with E-state index in [-0.39, 0.29) is 39.1 Å². The highest BCUT2D eigenvalue weighted by Gasteiger charge is 2.28. The molecule has 8 nitrogen and oxygen atoms in total. The molecule has 12 heteroatoms. The van der Waals surface area contributed by atoms with Crippen LogP contribution >= 0.6 is 11.6 Å². The standard InChI is InChI=1S/C25H24ClF3N6O2/c1-14-31-19-9-21(34-6-7-37-20(12-34)15-10-30-33(3)11-15)32-23(17-5-4-16(26)8-18(17)27)22(19)24(36)35(14)13-25(2,28)29/h4-5,8-11,20H,6-7,12-13H2,1-3H3/t20-/m1/s1. The van der Waals surface area contributed by atoms with Crippen LogP contribution in [-0.2, 0) is 18.3 Å². The first-order valence-corrected chi connectivity index (χ1v) is 12.0. The number of aromatic nitrogens is 5. The number of halogens is 4. The predicted molar refractivity (Wildman–Crippen MR) is 134 cm³/mol. The molecular formula is C25H24ClF3N6O2. The molecule has 37 heavy (non-hydrogen) atoms. The van der Waals surface area contributed by atoms with Gasteiger partial charge in [-0.05, 0) is 25.1 Å². The Hall–Kier alpha value is -3.44. The Balaban J connectivity index is 1.69. The number of morpholine rings is 1. The van der Waals surface area contributed by atoms with Gasteiger partial charge in [0, 0.05) is 55.5 Å². The predicted octanol–water partition coefficient (Wildman–Crippen LogP) is 4.53. The lowest BCUT2D eigenvalue weighted by Crippen LogP contribution is -2.39. The highest BCUT2D eigenvalue weighted by molar-refractivity contribution is 6.30. The van der Waals surface area contributed by atoms with Gasteiger partial charge in [-0.2, -0.15) is 5.10 Å². The SMILES string of the molecule is Cc1nc2cc(N3CCO[C@@H](c4cnn(C)c4)C3)nc(-c3ccc(Cl)cc3F)c2c(=O)n1CC(C)(F)F. The van der Waals surface area contributed by atoms with Crippen LogP contribution in [0.4, 0.5) is 19.0 Å². The van der Waals surface area contributed by atoms with Gasteiger partial charge in [0.05, 0.1) is 35.9 Å². The van der Waals surface area contributed by atoms with E-state index >= 15 is 4.39 Å². The maximum Gasteiger partial charge on any atom is 0.263 e. The largest absolute Gasteiger partial charge is 0.370 e. The van der Waals surface area contributed by atoms with E-state index in [0.717, 1.165) is 23.1 Å². The van der Waals surface area contributed by atoms with Crippen LogP contribution in [0.1, 0.15) is 24.4 Å². The molecule has 3 aromatic heterocycles. The summed E-state index contributed by atoms with van der Waals surface area (Å²) in [6, 6.07) is 5.64. The van der Waals surface area contributed by atoms with E-state index in [0.29, 0.717) is 25.5 Å². The second-order valence-corrected chi connectivity index (χ2v) is 9.66. The molecule has 0 amide bonds. The summed E-state index contributed by atoms with van der Waals surface area (Å²) in [6.45, 7) is 2.69. The molecule has 1 aliphatic heterocycles. The van der Waals surface area contributed by atoms with E-state index in [1.807, 2.05) is 18.1 Å². The Kier molecular flexibility index (Phi) is 6.45. The van der Waals surface area contributed by atoms with Crippen LogP contribution in [-0.4, -0.2) is 49.9 Å². The summed E-state index contributed by atoms with van der Waals surface area (Å²) in [6.07, 6.45) is 3.32. The molecule has 0 radical (unpaired) electrons. The van der Waals surface area contributed by atoms with Gasteiger partial charge in [-0.3, -0.25) is 14.0 Å². The summed E-state index contributed by atoms with van der Waals surface area (Å²) in [5, 5.41) is 4.33. The van der Waals surface area contributed by atoms with Crippen molar-refractivity contribution in [1.29, 1.82) is 0 Å². The number of ether oxygens (including phenoxy) is 1. The molecule has 194 valence electrons. The first-order valence-electron chi connectivity index (χ1n) is 11.6. The number of anilines is 1. The average Bonchev–Trinajstić information content (AvgIpc) is 3.27. The van der Waals surface area contributed by atoms with Gasteiger partial charge in [-0.1, -0.05) is 11.6 Å². The van der Waals surface area contributed by atoms with E-state index in [1.165, 1.54) is 19.1 Å². The number of aryl methyl sites for hydroxylation is 2. The van der Waals surface area contributed by atoms with Crippen molar-refractivity contribution >= 4 is 28.3 Å². The third kappa shape index (κ3) is 5.05. The smallest absolute Gasteiger partial charge is 0.263 e. The van der Waals surface area contributed by atoms with Crippen molar-refractivity contribution in [1.82, 2.24) is 24.3 Å². The molecule has 1 atom stereocenters. The van der Waals surface area contributed by atoms with Crippen LogP contribution in [0.5, 0.6) is 0 Å². The fourth-order valence-corrected chi connectivity index (χ4v) is 4.66. The van der Waals surface area contributed by atoms with Crippen molar-refractivity contribution in [3.8, 4) is 11.3 Å². The summed E-state index contributed by atoms with van der Waals surface area (Å²) < 4.78 is 51.4. The molecule has 0 saturated carbocycles. The van der Waals surface area contributed by atoms with Crippen molar-refractivity contribution in [3.63, 3.8) is 0 Å². The van der Waals surface area contributed by atoms with Gasteiger partial charge in [-0.15, -0.1) is 0 Å². The second-order valence-electron chi connectivity index (χ2n) is 9.22. The zero-order valence-corrected chi connectivity index (χ0v) is 21.1. The lowest BCUT2D eigenvalue weighted by Gasteiger charge is -2.33. The molecule has 1 aromatic carbocycles. The van der Waals surface area contributed by atoms with Crippen LogP contribution in [0.3, 0.4) is 0 Å². The van der Waals surface area contributed by atoms with E-state index in [1.54, 1.807) is 16.9 Å². The first kappa shape index (κ1) is 25.2. The summed E-state index contributed by atoms with van der Waals surface area (Å²) in [5.41, 5.74) is 0.441. The normalized spacial score (nSPS) is 16.5. The molecule has 0 spiro atoms. The average molecular weight is 533 g/mol. The van der Waals surface area contributed by atoms with Crippen molar-refractivity contribution in [3.05, 3.63) is 69.2 Å². The Morgan fingerprint density at radius 1 is 1.24 bits per heavy atom. The van der Waals surface area contributed by atoms with Crippen molar-refractivity contribution in [2.24, 2.45) is 7.05 Å². The number of nitrogens with zero attached hydrogens (tertiary/aromatic N) is 6. The molecule has 1 fully saturated rings. The summed E-state index contributed by atoms with van der Waals surface area (Å²) in [4.78, 5) is 24.6. The van der Waals surface area contributed by atoms with Crippen LogP contribution in [0, 0.1) is 12.7 Å². The quantitative estimate of drug-likeness (QED) is 0.376. The monoisotopic (exact) mass is 532 g/mol. The highest BCUT2D eigenvalue weighted by atomic mass is 35.5. The lowest BCUT2D eigenvalue weighted by molar-refractivity contribution is 0.00223. The molecule has 4 aromatic rings. The topological polar surface area (TPSA) is 78.1 Å². The summed E-state index contributed by atoms with van der Waals surface area (Å²) in [5.74, 6) is -3.27. The molecule has 1 aliphatic rings. The zero-order valence-electron chi connectivity index (χ0n) is 20.4. The third-order valence-electron chi connectivity index (χ3n) is 6.23. The minimum Gasteiger partial charge on any atom is -0.370 e. The van der Waals surface area contributed by atoms with Gasteiger partial charge in [0.25, 0.3) is 11.5 Å². The number of hydrogen-bond donors (Lipinski definition) is 0. The number of benzene rings is 1. The second kappa shape index (κ2) is 9.46. The molecule has 0 N–H and O–H groups in total. The Morgan fingerprint density at radius 3 is 2.70 bits per heavy atom. The molecular weight excluding hydrogens is 509 g/mol. The maximum absolute atomic E-state index is 15.1. The van der Waals surface area contributed by atoms with E-state index in [9.17, 15) is 13.6 Å². The fraction of sp³-hybridized carbons (Fsp3) is 0.360. The number of rotatable bonds is 5. The molecule has 0 bridgehead atoms. The molecule has 0 aliphatic carbocycles. The van der Waals surface area contributed by atoms with Crippen molar-refractivity contribution < 1.29 is 17.9 Å². The number of alkyl halides is 2. The number of fused-ring (bicyclic) bond motifs is 1. The minimum absolute atomic E-state index is 0.0109. The summed E-state index contributed by atoms with van der Waals surface area (Å²) >= 11 is 5.95. The Morgan fingerprint density at radius 2 is 2.03 bits per heavy atom.